The number of hydrogen-bond donors (Lipinski definition) is 3. The summed E-state index contributed by atoms with van der Waals surface area (Å²) in [5, 5.41) is 10.1. The number of nitrogens with one attached hydrogen (secondary N) is 3. The van der Waals surface area contributed by atoms with E-state index >= 15 is 0 Å². The van der Waals surface area contributed by atoms with Gasteiger partial charge in [0.1, 0.15) is 5.75 Å². The van der Waals surface area contributed by atoms with Gasteiger partial charge in [-0.25, -0.2) is 0 Å². The molecule has 0 saturated heterocycles. The van der Waals surface area contributed by atoms with Gasteiger partial charge in [-0.1, -0.05) is 19.8 Å². The number of amides is 1. The van der Waals surface area contributed by atoms with Gasteiger partial charge in [0, 0.05) is 23.0 Å². The fraction of sp³-hybridized carbons (Fsp3) is 0.364. The molecule has 28 heavy (non-hydrogen) atoms. The lowest BCUT2D eigenvalue weighted by molar-refractivity contribution is 0.102. The van der Waals surface area contributed by atoms with E-state index in [4.69, 9.17) is 17.0 Å². The highest BCUT2D eigenvalue weighted by atomic mass is 32.1. The fourth-order valence-electron chi connectivity index (χ4n) is 3.45. The van der Waals surface area contributed by atoms with E-state index in [2.05, 4.69) is 22.9 Å². The normalized spacial score (nSPS) is 18.8. The molecule has 6 heteroatoms. The molecule has 0 unspecified atom stereocenters. The van der Waals surface area contributed by atoms with Crippen LogP contribution in [0, 0.1) is 5.92 Å². The van der Waals surface area contributed by atoms with E-state index in [1.54, 1.807) is 19.2 Å². The van der Waals surface area contributed by atoms with Gasteiger partial charge in [-0.2, -0.15) is 0 Å². The van der Waals surface area contributed by atoms with Crippen molar-refractivity contribution >= 4 is 34.6 Å². The summed E-state index contributed by atoms with van der Waals surface area (Å²) in [6.45, 7) is 2.27. The molecule has 0 spiro atoms. The average molecular weight is 398 g/mol. The molecule has 1 aliphatic rings. The number of benzene rings is 2. The fourth-order valence-corrected chi connectivity index (χ4v) is 3.72. The van der Waals surface area contributed by atoms with Gasteiger partial charge >= 0.3 is 0 Å². The molecule has 1 saturated carbocycles. The van der Waals surface area contributed by atoms with Gasteiger partial charge in [0.2, 0.25) is 0 Å². The third kappa shape index (κ3) is 5.45. The monoisotopic (exact) mass is 397 g/mol. The van der Waals surface area contributed by atoms with Crippen LogP contribution in [0.15, 0.2) is 48.5 Å². The lowest BCUT2D eigenvalue weighted by Gasteiger charge is -2.30. The van der Waals surface area contributed by atoms with E-state index in [-0.39, 0.29) is 5.91 Å². The van der Waals surface area contributed by atoms with Gasteiger partial charge in [-0.3, -0.25) is 4.79 Å². The summed E-state index contributed by atoms with van der Waals surface area (Å²) in [6.07, 6.45) is 4.97. The second kappa shape index (κ2) is 9.55. The lowest BCUT2D eigenvalue weighted by Crippen LogP contribution is -2.43. The molecule has 0 aromatic heterocycles. The molecule has 1 fully saturated rings. The van der Waals surface area contributed by atoms with Crippen molar-refractivity contribution in [1.29, 1.82) is 0 Å². The second-order valence-electron chi connectivity index (χ2n) is 7.23. The third-order valence-electron chi connectivity index (χ3n) is 5.18. The van der Waals surface area contributed by atoms with Crippen molar-refractivity contribution in [3.8, 4) is 5.75 Å². The lowest BCUT2D eigenvalue weighted by atomic mass is 9.86. The first-order valence-corrected chi connectivity index (χ1v) is 10.1. The molecular formula is C22H27N3O2S. The molecule has 3 rings (SSSR count). The van der Waals surface area contributed by atoms with Crippen LogP contribution in [-0.2, 0) is 0 Å². The first kappa shape index (κ1) is 20.1. The molecule has 5 nitrogen and oxygen atoms in total. The van der Waals surface area contributed by atoms with Gasteiger partial charge in [0.05, 0.1) is 7.11 Å². The Labute approximate surface area is 171 Å². The summed E-state index contributed by atoms with van der Waals surface area (Å²) in [7, 11) is 1.61. The molecular weight excluding hydrogens is 370 g/mol. The predicted octanol–water partition coefficient (Wildman–Crippen LogP) is 4.81. The van der Waals surface area contributed by atoms with E-state index in [0.29, 0.717) is 22.6 Å². The Morgan fingerprint density at radius 3 is 2.21 bits per heavy atom. The van der Waals surface area contributed by atoms with Crippen molar-refractivity contribution in [3.05, 3.63) is 54.1 Å². The molecule has 148 valence electrons. The highest BCUT2D eigenvalue weighted by Gasteiger charge is 2.21. The first-order valence-electron chi connectivity index (χ1n) is 9.68. The molecule has 0 aliphatic heterocycles. The Morgan fingerprint density at radius 2 is 1.57 bits per heavy atom. The summed E-state index contributed by atoms with van der Waals surface area (Å²) in [6, 6.07) is 15.0. The summed E-state index contributed by atoms with van der Waals surface area (Å²) >= 11 is 5.45. The molecule has 2 atom stereocenters. The SMILES string of the molecule is COc1ccc(NC(=O)c2ccc(NC(=S)N[C@H]3CCCC[C@@H]3C)cc2)cc1. The second-order valence-corrected chi connectivity index (χ2v) is 7.63. The van der Waals surface area contributed by atoms with Crippen LogP contribution in [0.2, 0.25) is 0 Å². The summed E-state index contributed by atoms with van der Waals surface area (Å²) in [5.41, 5.74) is 2.17. The van der Waals surface area contributed by atoms with E-state index in [0.717, 1.165) is 23.5 Å². The first-order chi connectivity index (χ1) is 13.5. The quantitative estimate of drug-likeness (QED) is 0.632. The van der Waals surface area contributed by atoms with E-state index in [1.165, 1.54) is 19.3 Å². The molecule has 0 bridgehead atoms. The van der Waals surface area contributed by atoms with E-state index < -0.39 is 0 Å². The molecule has 2 aromatic carbocycles. The van der Waals surface area contributed by atoms with Gasteiger partial charge in [0.25, 0.3) is 5.91 Å². The van der Waals surface area contributed by atoms with Crippen LogP contribution in [0.25, 0.3) is 0 Å². The van der Waals surface area contributed by atoms with Crippen LogP contribution >= 0.6 is 12.2 Å². The summed E-state index contributed by atoms with van der Waals surface area (Å²) < 4.78 is 5.12. The van der Waals surface area contributed by atoms with Crippen molar-refractivity contribution in [2.24, 2.45) is 5.92 Å². The summed E-state index contributed by atoms with van der Waals surface area (Å²) in [5.74, 6) is 1.23. The number of carbonyl (C=O) groups excluding carboxylic acids is 1. The smallest absolute Gasteiger partial charge is 0.255 e. The van der Waals surface area contributed by atoms with Crippen LogP contribution in [0.4, 0.5) is 11.4 Å². The third-order valence-corrected chi connectivity index (χ3v) is 5.40. The van der Waals surface area contributed by atoms with Gasteiger partial charge in [-0.05, 0) is 79.5 Å². The molecule has 0 radical (unpaired) electrons. The van der Waals surface area contributed by atoms with Crippen LogP contribution < -0.4 is 20.7 Å². The molecule has 2 aromatic rings. The molecule has 1 amide bonds. The van der Waals surface area contributed by atoms with Crippen LogP contribution in [0.5, 0.6) is 5.75 Å². The highest BCUT2D eigenvalue weighted by molar-refractivity contribution is 7.80. The van der Waals surface area contributed by atoms with Crippen molar-refractivity contribution in [2.75, 3.05) is 17.7 Å². The van der Waals surface area contributed by atoms with Crippen molar-refractivity contribution in [1.82, 2.24) is 5.32 Å². The summed E-state index contributed by atoms with van der Waals surface area (Å²) in [4.78, 5) is 12.4. The van der Waals surface area contributed by atoms with Crippen LogP contribution in [-0.4, -0.2) is 24.2 Å². The zero-order valence-electron chi connectivity index (χ0n) is 16.3. The van der Waals surface area contributed by atoms with E-state index in [1.807, 2.05) is 36.4 Å². The Bertz CT molecular complexity index is 806. The number of methoxy groups -OCH3 is 1. The largest absolute Gasteiger partial charge is 0.497 e. The number of thiocarbonyl (C=S) groups is 1. The van der Waals surface area contributed by atoms with Crippen molar-refractivity contribution in [2.45, 2.75) is 38.6 Å². The highest BCUT2D eigenvalue weighted by Crippen LogP contribution is 2.24. The molecule has 0 heterocycles. The predicted molar refractivity (Wildman–Crippen MR) is 118 cm³/mol. The minimum absolute atomic E-state index is 0.159. The van der Waals surface area contributed by atoms with Crippen LogP contribution in [0.1, 0.15) is 43.0 Å². The number of hydrogen-bond acceptors (Lipinski definition) is 3. The number of ether oxygens (including phenoxy) is 1. The zero-order chi connectivity index (χ0) is 19.9. The van der Waals surface area contributed by atoms with Crippen molar-refractivity contribution < 1.29 is 9.53 Å². The topological polar surface area (TPSA) is 62.4 Å². The number of rotatable bonds is 5. The van der Waals surface area contributed by atoms with Gasteiger partial charge in [0.15, 0.2) is 5.11 Å². The maximum absolute atomic E-state index is 12.4. The maximum atomic E-state index is 12.4. The molecule has 1 aliphatic carbocycles. The number of anilines is 2. The number of carbonyl (C=O) groups is 1. The van der Waals surface area contributed by atoms with Crippen LogP contribution in [0.3, 0.4) is 0 Å². The minimum Gasteiger partial charge on any atom is -0.497 e. The zero-order valence-corrected chi connectivity index (χ0v) is 17.1. The van der Waals surface area contributed by atoms with Gasteiger partial charge in [-0.15, -0.1) is 0 Å². The van der Waals surface area contributed by atoms with Gasteiger partial charge < -0.3 is 20.7 Å². The Morgan fingerprint density at radius 1 is 0.964 bits per heavy atom. The Kier molecular flexibility index (Phi) is 6.87. The standard InChI is InChI=1S/C22H27N3O2S/c1-15-5-3-4-6-20(15)25-22(28)24-18-9-7-16(8-10-18)21(26)23-17-11-13-19(27-2)14-12-17/h7-15,20H,3-6H2,1-2H3,(H,23,26)(H2,24,25,28)/t15-,20-/m0/s1. The minimum atomic E-state index is -0.159. The molecule has 3 N–H and O–H groups in total. The average Bonchev–Trinajstić information content (AvgIpc) is 2.71. The Balaban J connectivity index is 1.53. The Hall–Kier alpha value is -2.60. The van der Waals surface area contributed by atoms with Crippen molar-refractivity contribution in [3.63, 3.8) is 0 Å². The maximum Gasteiger partial charge on any atom is 0.255 e. The van der Waals surface area contributed by atoms with E-state index in [9.17, 15) is 4.79 Å².